The Morgan fingerprint density at radius 3 is 2.39 bits per heavy atom. The van der Waals surface area contributed by atoms with Crippen molar-refractivity contribution in [3.05, 3.63) is 101 Å². The van der Waals surface area contributed by atoms with Crippen molar-refractivity contribution in [1.82, 2.24) is 4.98 Å². The van der Waals surface area contributed by atoms with Gasteiger partial charge in [0, 0.05) is 28.3 Å². The summed E-state index contributed by atoms with van der Waals surface area (Å²) in [5.74, 6) is -0.261. The van der Waals surface area contributed by atoms with E-state index in [0.717, 1.165) is 24.5 Å². The Morgan fingerprint density at radius 1 is 0.935 bits per heavy atom. The van der Waals surface area contributed by atoms with E-state index in [4.69, 9.17) is 0 Å². The molecular formula is C26H20F3NO. The van der Waals surface area contributed by atoms with Crippen LogP contribution in [-0.2, 0) is 12.6 Å². The van der Waals surface area contributed by atoms with E-state index >= 15 is 0 Å². The first kappa shape index (κ1) is 20.8. The Kier molecular flexibility index (Phi) is 5.59. The van der Waals surface area contributed by atoms with Crippen molar-refractivity contribution < 1.29 is 18.0 Å². The molecule has 0 bridgehead atoms. The van der Waals surface area contributed by atoms with Gasteiger partial charge in [0.15, 0.2) is 5.78 Å². The second-order valence-corrected chi connectivity index (χ2v) is 7.39. The Labute approximate surface area is 178 Å². The van der Waals surface area contributed by atoms with E-state index in [-0.39, 0.29) is 16.9 Å². The summed E-state index contributed by atoms with van der Waals surface area (Å²) < 4.78 is 40.8. The SMILES string of the molecule is CCCc1cccc(C(=O)c2cnc3c(C(F)(F)F)cccc3c2-c2ccccc2)c1. The highest BCUT2D eigenvalue weighted by Crippen LogP contribution is 2.38. The van der Waals surface area contributed by atoms with Crippen molar-refractivity contribution in [2.45, 2.75) is 25.9 Å². The molecule has 3 aromatic carbocycles. The maximum Gasteiger partial charge on any atom is 0.418 e. The predicted molar refractivity (Wildman–Crippen MR) is 116 cm³/mol. The lowest BCUT2D eigenvalue weighted by molar-refractivity contribution is -0.136. The summed E-state index contributed by atoms with van der Waals surface area (Å²) in [5, 5.41) is 0.302. The highest BCUT2D eigenvalue weighted by molar-refractivity contribution is 6.16. The van der Waals surface area contributed by atoms with Crippen LogP contribution >= 0.6 is 0 Å². The summed E-state index contributed by atoms with van der Waals surface area (Å²) in [6, 6.07) is 20.3. The normalized spacial score (nSPS) is 11.6. The van der Waals surface area contributed by atoms with E-state index in [0.29, 0.717) is 22.1 Å². The first-order valence-corrected chi connectivity index (χ1v) is 10.1. The van der Waals surface area contributed by atoms with Crippen LogP contribution in [0.5, 0.6) is 0 Å². The standard InChI is InChI=1S/C26H20F3NO/c1-2-8-17-9-6-12-19(15-17)25(31)21-16-30-24-20(13-7-14-22(24)26(27,28)29)23(21)18-10-4-3-5-11-18/h3-7,9-16H,2,8H2,1H3. The monoisotopic (exact) mass is 419 g/mol. The molecule has 5 heteroatoms. The van der Waals surface area contributed by atoms with Crippen LogP contribution in [0.15, 0.2) is 79.0 Å². The molecule has 0 amide bonds. The van der Waals surface area contributed by atoms with Crippen LogP contribution in [0.4, 0.5) is 13.2 Å². The van der Waals surface area contributed by atoms with Crippen LogP contribution < -0.4 is 0 Å². The smallest absolute Gasteiger partial charge is 0.289 e. The number of hydrogen-bond donors (Lipinski definition) is 0. The van der Waals surface area contributed by atoms with Gasteiger partial charge < -0.3 is 0 Å². The number of carbonyl (C=O) groups excluding carboxylic acids is 1. The topological polar surface area (TPSA) is 30.0 Å². The lowest BCUT2D eigenvalue weighted by atomic mass is 9.90. The summed E-state index contributed by atoms with van der Waals surface area (Å²) in [7, 11) is 0. The summed E-state index contributed by atoms with van der Waals surface area (Å²) in [6.07, 6.45) is -1.47. The first-order chi connectivity index (χ1) is 14.9. The lowest BCUT2D eigenvalue weighted by Gasteiger charge is -2.16. The van der Waals surface area contributed by atoms with Gasteiger partial charge in [-0.3, -0.25) is 9.78 Å². The van der Waals surface area contributed by atoms with E-state index in [1.165, 1.54) is 12.3 Å². The van der Waals surface area contributed by atoms with Crippen LogP contribution in [0, 0.1) is 0 Å². The molecule has 156 valence electrons. The fraction of sp³-hybridized carbons (Fsp3) is 0.154. The zero-order valence-corrected chi connectivity index (χ0v) is 16.9. The Hall–Kier alpha value is -3.47. The number of rotatable bonds is 5. The summed E-state index contributed by atoms with van der Waals surface area (Å²) in [5.41, 5.74) is 1.98. The third-order valence-electron chi connectivity index (χ3n) is 5.24. The molecule has 0 saturated heterocycles. The highest BCUT2D eigenvalue weighted by atomic mass is 19.4. The molecule has 0 fully saturated rings. The van der Waals surface area contributed by atoms with E-state index in [1.807, 2.05) is 24.3 Å². The molecule has 1 aromatic heterocycles. The van der Waals surface area contributed by atoms with Crippen LogP contribution in [-0.4, -0.2) is 10.8 Å². The van der Waals surface area contributed by atoms with Crippen molar-refractivity contribution in [3.63, 3.8) is 0 Å². The second kappa shape index (κ2) is 8.34. The molecule has 0 spiro atoms. The number of alkyl halides is 3. The third kappa shape index (κ3) is 4.08. The van der Waals surface area contributed by atoms with Gasteiger partial charge in [-0.2, -0.15) is 13.2 Å². The molecule has 31 heavy (non-hydrogen) atoms. The molecule has 0 saturated carbocycles. The van der Waals surface area contributed by atoms with Gasteiger partial charge in [-0.15, -0.1) is 0 Å². The second-order valence-electron chi connectivity index (χ2n) is 7.39. The number of benzene rings is 3. The maximum absolute atomic E-state index is 13.6. The molecule has 0 radical (unpaired) electrons. The summed E-state index contributed by atoms with van der Waals surface area (Å²) >= 11 is 0. The molecule has 0 aliphatic heterocycles. The van der Waals surface area contributed by atoms with E-state index in [9.17, 15) is 18.0 Å². The number of nitrogens with zero attached hydrogens (tertiary/aromatic N) is 1. The van der Waals surface area contributed by atoms with Crippen LogP contribution in [0.1, 0.15) is 40.4 Å². The van der Waals surface area contributed by atoms with Crippen molar-refractivity contribution in [1.29, 1.82) is 0 Å². The molecular weight excluding hydrogens is 399 g/mol. The molecule has 1 heterocycles. The van der Waals surface area contributed by atoms with Crippen molar-refractivity contribution in [2.75, 3.05) is 0 Å². The number of carbonyl (C=O) groups is 1. The predicted octanol–water partition coefficient (Wildman–Crippen LogP) is 7.10. The molecule has 4 aromatic rings. The molecule has 0 N–H and O–H groups in total. The van der Waals surface area contributed by atoms with Gasteiger partial charge >= 0.3 is 6.18 Å². The van der Waals surface area contributed by atoms with E-state index in [1.54, 1.807) is 36.4 Å². The molecule has 2 nitrogen and oxygen atoms in total. The summed E-state index contributed by atoms with van der Waals surface area (Å²) in [4.78, 5) is 17.6. The zero-order chi connectivity index (χ0) is 22.0. The fourth-order valence-corrected chi connectivity index (χ4v) is 3.85. The van der Waals surface area contributed by atoms with Gasteiger partial charge in [0.2, 0.25) is 0 Å². The van der Waals surface area contributed by atoms with E-state index < -0.39 is 11.7 Å². The zero-order valence-electron chi connectivity index (χ0n) is 16.9. The average molecular weight is 419 g/mol. The Morgan fingerprint density at radius 2 is 1.68 bits per heavy atom. The number of para-hydroxylation sites is 1. The Bertz CT molecular complexity index is 1250. The number of aromatic nitrogens is 1. The minimum Gasteiger partial charge on any atom is -0.289 e. The number of fused-ring (bicyclic) bond motifs is 1. The van der Waals surface area contributed by atoms with Crippen molar-refractivity contribution >= 4 is 16.7 Å². The summed E-state index contributed by atoms with van der Waals surface area (Å²) in [6.45, 7) is 2.06. The molecule has 0 aliphatic carbocycles. The number of halogens is 3. The van der Waals surface area contributed by atoms with Gasteiger partial charge in [0.1, 0.15) is 0 Å². The number of hydrogen-bond acceptors (Lipinski definition) is 2. The first-order valence-electron chi connectivity index (χ1n) is 10.1. The van der Waals surface area contributed by atoms with Gasteiger partial charge in [-0.25, -0.2) is 0 Å². The molecule has 0 atom stereocenters. The number of pyridine rings is 1. The van der Waals surface area contributed by atoms with Crippen LogP contribution in [0.25, 0.3) is 22.0 Å². The van der Waals surface area contributed by atoms with Crippen molar-refractivity contribution in [3.8, 4) is 11.1 Å². The Balaban J connectivity index is 1.98. The minimum atomic E-state index is -4.54. The number of aryl methyl sites for hydroxylation is 1. The van der Waals surface area contributed by atoms with Crippen LogP contribution in [0.3, 0.4) is 0 Å². The molecule has 4 rings (SSSR count). The van der Waals surface area contributed by atoms with Gasteiger partial charge in [0.05, 0.1) is 11.1 Å². The quantitative estimate of drug-likeness (QED) is 0.323. The van der Waals surface area contributed by atoms with Crippen molar-refractivity contribution in [2.24, 2.45) is 0 Å². The third-order valence-corrected chi connectivity index (χ3v) is 5.24. The van der Waals surface area contributed by atoms with Gasteiger partial charge in [-0.05, 0) is 29.7 Å². The number of ketones is 1. The van der Waals surface area contributed by atoms with Crippen LogP contribution in [0.2, 0.25) is 0 Å². The fourth-order valence-electron chi connectivity index (χ4n) is 3.85. The lowest BCUT2D eigenvalue weighted by Crippen LogP contribution is -2.09. The molecule has 0 aliphatic rings. The maximum atomic E-state index is 13.6. The largest absolute Gasteiger partial charge is 0.418 e. The van der Waals surface area contributed by atoms with Gasteiger partial charge in [0.25, 0.3) is 0 Å². The molecule has 0 unspecified atom stereocenters. The van der Waals surface area contributed by atoms with E-state index in [2.05, 4.69) is 11.9 Å². The van der Waals surface area contributed by atoms with Gasteiger partial charge in [-0.1, -0.05) is 74.0 Å². The average Bonchev–Trinajstić information content (AvgIpc) is 2.77. The highest BCUT2D eigenvalue weighted by Gasteiger charge is 2.34. The minimum absolute atomic E-state index is 0.162.